The van der Waals surface area contributed by atoms with Crippen molar-refractivity contribution in [3.8, 4) is 0 Å². The molecule has 0 aliphatic rings. The zero-order valence-electron chi connectivity index (χ0n) is 9.86. The van der Waals surface area contributed by atoms with E-state index < -0.39 is 28.3 Å². The third-order valence-electron chi connectivity index (χ3n) is 2.40. The average Bonchev–Trinajstić information content (AvgIpc) is 2.26. The zero-order valence-corrected chi connectivity index (χ0v) is 10.6. The largest absolute Gasteiger partial charge is 0.426 e. The minimum absolute atomic E-state index is 0.213. The SMILES string of the molecule is CC(O)(C(=O)Nc1ccc([N+](=O)[O-])c(Cl)c1)C(F)(F)F. The number of rotatable bonds is 3. The van der Waals surface area contributed by atoms with Crippen LogP contribution >= 0.6 is 11.6 Å². The molecule has 1 aromatic carbocycles. The first-order chi connectivity index (χ1) is 8.96. The Bertz CT molecular complexity index is 560. The van der Waals surface area contributed by atoms with Gasteiger partial charge in [0.1, 0.15) is 5.02 Å². The van der Waals surface area contributed by atoms with Crippen LogP contribution in [-0.4, -0.2) is 27.7 Å². The molecule has 0 saturated carbocycles. The first kappa shape index (κ1) is 16.2. The van der Waals surface area contributed by atoms with Crippen molar-refractivity contribution in [2.45, 2.75) is 18.7 Å². The quantitative estimate of drug-likeness (QED) is 0.662. The smallest absolute Gasteiger partial charge is 0.373 e. The molecule has 1 rings (SSSR count). The molecule has 1 aromatic rings. The van der Waals surface area contributed by atoms with Crippen LogP contribution in [0.2, 0.25) is 5.02 Å². The lowest BCUT2D eigenvalue weighted by molar-refractivity contribution is -0.384. The van der Waals surface area contributed by atoms with Gasteiger partial charge in [0.15, 0.2) is 0 Å². The van der Waals surface area contributed by atoms with E-state index in [1.54, 1.807) is 5.32 Å². The number of aliphatic hydroxyl groups is 1. The molecule has 0 aliphatic heterocycles. The van der Waals surface area contributed by atoms with Crippen LogP contribution in [-0.2, 0) is 4.79 Å². The maximum absolute atomic E-state index is 12.4. The summed E-state index contributed by atoms with van der Waals surface area (Å²) in [5.74, 6) is -1.73. The summed E-state index contributed by atoms with van der Waals surface area (Å²) in [6.07, 6.45) is -5.17. The van der Waals surface area contributed by atoms with Crippen molar-refractivity contribution in [2.75, 3.05) is 5.32 Å². The summed E-state index contributed by atoms with van der Waals surface area (Å²) >= 11 is 5.53. The van der Waals surface area contributed by atoms with E-state index in [1.165, 1.54) is 0 Å². The molecule has 1 amide bonds. The van der Waals surface area contributed by atoms with E-state index in [0.29, 0.717) is 0 Å². The summed E-state index contributed by atoms with van der Waals surface area (Å²) in [5, 5.41) is 21.0. The Balaban J connectivity index is 2.98. The Hall–Kier alpha value is -1.87. The third-order valence-corrected chi connectivity index (χ3v) is 2.70. The Kier molecular flexibility index (Phi) is 4.25. The van der Waals surface area contributed by atoms with Gasteiger partial charge in [0.05, 0.1) is 4.92 Å². The molecule has 0 radical (unpaired) electrons. The lowest BCUT2D eigenvalue weighted by Gasteiger charge is -2.24. The number of benzene rings is 1. The zero-order chi connectivity index (χ0) is 15.7. The lowest BCUT2D eigenvalue weighted by Crippen LogP contribution is -2.52. The van der Waals surface area contributed by atoms with Crippen molar-refractivity contribution in [1.29, 1.82) is 0 Å². The topological polar surface area (TPSA) is 92.5 Å². The van der Waals surface area contributed by atoms with Crippen LogP contribution in [0.5, 0.6) is 0 Å². The number of hydrogen-bond acceptors (Lipinski definition) is 4. The van der Waals surface area contributed by atoms with Gasteiger partial charge in [-0.25, -0.2) is 0 Å². The predicted octanol–water partition coefficient (Wildman–Crippen LogP) is 2.50. The fraction of sp³-hybridized carbons (Fsp3) is 0.300. The highest BCUT2D eigenvalue weighted by atomic mass is 35.5. The molecule has 0 bridgehead atoms. The van der Waals surface area contributed by atoms with Gasteiger partial charge in [-0.1, -0.05) is 11.6 Å². The summed E-state index contributed by atoms with van der Waals surface area (Å²) in [6, 6.07) is 2.82. The van der Waals surface area contributed by atoms with Crippen LogP contribution in [0.3, 0.4) is 0 Å². The van der Waals surface area contributed by atoms with Gasteiger partial charge in [0.2, 0.25) is 5.60 Å². The molecule has 2 N–H and O–H groups in total. The van der Waals surface area contributed by atoms with Crippen LogP contribution in [0, 0.1) is 10.1 Å². The molecule has 6 nitrogen and oxygen atoms in total. The number of nitrogens with one attached hydrogen (secondary N) is 1. The van der Waals surface area contributed by atoms with E-state index in [2.05, 4.69) is 0 Å². The number of nitro benzene ring substituents is 1. The van der Waals surface area contributed by atoms with E-state index in [4.69, 9.17) is 16.7 Å². The van der Waals surface area contributed by atoms with Crippen LogP contribution < -0.4 is 5.32 Å². The molecule has 0 spiro atoms. The molecule has 1 atom stereocenters. The molecule has 0 fully saturated rings. The van der Waals surface area contributed by atoms with Crippen LogP contribution in [0.15, 0.2) is 18.2 Å². The summed E-state index contributed by atoms with van der Waals surface area (Å²) in [6.45, 7) is 0.287. The second-order valence-corrected chi connectivity index (χ2v) is 4.35. The predicted molar refractivity (Wildman–Crippen MR) is 63.4 cm³/mol. The Labute approximate surface area is 115 Å². The number of nitro groups is 1. The molecule has 0 saturated heterocycles. The van der Waals surface area contributed by atoms with Gasteiger partial charge >= 0.3 is 6.18 Å². The Morgan fingerprint density at radius 2 is 2.00 bits per heavy atom. The van der Waals surface area contributed by atoms with Crippen molar-refractivity contribution in [3.05, 3.63) is 33.3 Å². The maximum atomic E-state index is 12.4. The van der Waals surface area contributed by atoms with Crippen LogP contribution in [0.25, 0.3) is 0 Å². The van der Waals surface area contributed by atoms with Gasteiger partial charge in [0, 0.05) is 11.8 Å². The van der Waals surface area contributed by atoms with Crippen molar-refractivity contribution in [3.63, 3.8) is 0 Å². The summed E-state index contributed by atoms with van der Waals surface area (Å²) in [5.41, 5.74) is -4.27. The van der Waals surface area contributed by atoms with Crippen molar-refractivity contribution < 1.29 is 28.0 Å². The van der Waals surface area contributed by atoms with Gasteiger partial charge in [0.25, 0.3) is 11.6 Å². The van der Waals surface area contributed by atoms with Crippen molar-refractivity contribution in [1.82, 2.24) is 0 Å². The van der Waals surface area contributed by atoms with E-state index in [-0.39, 0.29) is 17.6 Å². The average molecular weight is 313 g/mol. The third kappa shape index (κ3) is 3.17. The number of halogens is 4. The number of anilines is 1. The number of nitrogens with zero attached hydrogens (tertiary/aromatic N) is 1. The molecule has 0 heterocycles. The van der Waals surface area contributed by atoms with Crippen LogP contribution in [0.1, 0.15) is 6.92 Å². The minimum atomic E-state index is -5.17. The van der Waals surface area contributed by atoms with E-state index in [9.17, 15) is 28.1 Å². The first-order valence-electron chi connectivity index (χ1n) is 5.01. The minimum Gasteiger partial charge on any atom is -0.373 e. The highest BCUT2D eigenvalue weighted by molar-refractivity contribution is 6.33. The lowest BCUT2D eigenvalue weighted by atomic mass is 10.1. The Morgan fingerprint density at radius 1 is 1.45 bits per heavy atom. The number of hydrogen-bond donors (Lipinski definition) is 2. The fourth-order valence-electron chi connectivity index (χ4n) is 1.11. The molecular formula is C10H8ClF3N2O4. The van der Waals surface area contributed by atoms with E-state index in [0.717, 1.165) is 18.2 Å². The molecule has 20 heavy (non-hydrogen) atoms. The molecule has 110 valence electrons. The summed E-state index contributed by atoms with van der Waals surface area (Å²) in [7, 11) is 0. The summed E-state index contributed by atoms with van der Waals surface area (Å²) in [4.78, 5) is 21.1. The van der Waals surface area contributed by atoms with Crippen molar-refractivity contribution >= 4 is 28.9 Å². The number of amides is 1. The van der Waals surface area contributed by atoms with Gasteiger partial charge in [-0.05, 0) is 19.1 Å². The number of carbonyl (C=O) groups excluding carboxylic acids is 1. The fourth-order valence-corrected chi connectivity index (χ4v) is 1.36. The summed E-state index contributed by atoms with van der Waals surface area (Å²) < 4.78 is 37.2. The van der Waals surface area contributed by atoms with E-state index in [1.807, 2.05) is 0 Å². The second kappa shape index (κ2) is 5.25. The van der Waals surface area contributed by atoms with E-state index >= 15 is 0 Å². The number of alkyl halides is 3. The van der Waals surface area contributed by atoms with Crippen LogP contribution in [0.4, 0.5) is 24.5 Å². The van der Waals surface area contributed by atoms with Gasteiger partial charge in [-0.15, -0.1) is 0 Å². The molecule has 10 heteroatoms. The molecule has 0 aromatic heterocycles. The second-order valence-electron chi connectivity index (χ2n) is 3.95. The molecular weight excluding hydrogens is 305 g/mol. The highest BCUT2D eigenvalue weighted by Gasteiger charge is 2.55. The van der Waals surface area contributed by atoms with Gasteiger partial charge in [-0.3, -0.25) is 14.9 Å². The maximum Gasteiger partial charge on any atom is 0.426 e. The normalized spacial score (nSPS) is 14.5. The Morgan fingerprint density at radius 3 is 2.40 bits per heavy atom. The standard InChI is InChI=1S/C10H8ClF3N2O4/c1-9(18,10(12,13)14)8(17)15-5-2-3-7(16(19)20)6(11)4-5/h2-4,18H,1H3,(H,15,17). The van der Waals surface area contributed by atoms with Gasteiger partial charge < -0.3 is 10.4 Å². The van der Waals surface area contributed by atoms with Crippen molar-refractivity contribution in [2.24, 2.45) is 0 Å². The van der Waals surface area contributed by atoms with Gasteiger partial charge in [-0.2, -0.15) is 13.2 Å². The monoisotopic (exact) mass is 312 g/mol. The highest BCUT2D eigenvalue weighted by Crippen LogP contribution is 2.32. The number of carbonyl (C=O) groups is 1. The molecule has 1 unspecified atom stereocenters. The molecule has 0 aliphatic carbocycles. The first-order valence-corrected chi connectivity index (χ1v) is 5.39.